The molecule has 0 spiro atoms. The van der Waals surface area contributed by atoms with Crippen molar-refractivity contribution in [3.8, 4) is 0 Å². The molecule has 202 valence electrons. The van der Waals surface area contributed by atoms with Crippen molar-refractivity contribution in [1.29, 1.82) is 0 Å². The summed E-state index contributed by atoms with van der Waals surface area (Å²) in [6.45, 7) is 0. The van der Waals surface area contributed by atoms with Crippen LogP contribution in [0.2, 0.25) is 0 Å². The second-order valence-electron chi connectivity index (χ2n) is 10.3. The molecule has 5 aromatic carbocycles. The molecule has 0 bridgehead atoms. The quantitative estimate of drug-likeness (QED) is 0.150. The van der Waals surface area contributed by atoms with Crippen LogP contribution < -0.4 is 0 Å². The monoisotopic (exact) mass is 536 g/mol. The molecule has 0 aliphatic rings. The number of hydrogen-bond donors (Lipinski definition) is 0. The molecule has 0 saturated carbocycles. The van der Waals surface area contributed by atoms with Gasteiger partial charge in [0, 0.05) is 47.3 Å². The van der Waals surface area contributed by atoms with Crippen molar-refractivity contribution < 1.29 is 14.4 Å². The van der Waals surface area contributed by atoms with Crippen molar-refractivity contribution in [1.82, 2.24) is 0 Å². The van der Waals surface area contributed by atoms with E-state index in [0.717, 1.165) is 11.1 Å². The summed E-state index contributed by atoms with van der Waals surface area (Å²) in [5.41, 5.74) is 3.59. The second kappa shape index (κ2) is 13.5. The summed E-state index contributed by atoms with van der Waals surface area (Å²) in [6.07, 6.45) is 0.278. The number of carbonyl (C=O) groups excluding carboxylic acids is 3. The maximum atomic E-state index is 14.6. The third-order valence-corrected chi connectivity index (χ3v) is 7.69. The zero-order valence-corrected chi connectivity index (χ0v) is 22.8. The molecule has 0 N–H and O–H groups in total. The Kier molecular flexibility index (Phi) is 9.08. The van der Waals surface area contributed by atoms with Crippen molar-refractivity contribution in [2.24, 2.45) is 5.92 Å². The van der Waals surface area contributed by atoms with Crippen molar-refractivity contribution in [3.05, 3.63) is 179 Å². The Morgan fingerprint density at radius 3 is 1.02 bits per heavy atom. The SMILES string of the molecule is O=C(C[C@H](c1ccccc1)C(C(=O)c1ccccc1)[C@@H](CC(=O)c1ccccc1)c1ccccc1)c1ccccc1. The molecule has 0 aromatic heterocycles. The zero-order valence-electron chi connectivity index (χ0n) is 22.8. The lowest BCUT2D eigenvalue weighted by molar-refractivity contribution is 0.0833. The molecular weight excluding hydrogens is 504 g/mol. The summed E-state index contributed by atoms with van der Waals surface area (Å²) in [4.78, 5) is 42.0. The van der Waals surface area contributed by atoms with Crippen molar-refractivity contribution in [3.63, 3.8) is 0 Å². The minimum absolute atomic E-state index is 0.0356. The van der Waals surface area contributed by atoms with Crippen LogP contribution in [0.25, 0.3) is 0 Å². The van der Waals surface area contributed by atoms with Crippen LogP contribution in [0.5, 0.6) is 0 Å². The molecule has 0 aliphatic carbocycles. The normalized spacial score (nSPS) is 13.1. The first kappa shape index (κ1) is 27.7. The molecule has 3 nitrogen and oxygen atoms in total. The van der Waals surface area contributed by atoms with E-state index in [1.165, 1.54) is 0 Å². The topological polar surface area (TPSA) is 51.2 Å². The van der Waals surface area contributed by atoms with Crippen LogP contribution in [0.1, 0.15) is 66.9 Å². The summed E-state index contributed by atoms with van der Waals surface area (Å²) in [6, 6.07) is 47.2. The van der Waals surface area contributed by atoms with Crippen molar-refractivity contribution in [2.45, 2.75) is 24.7 Å². The summed E-state index contributed by atoms with van der Waals surface area (Å²) >= 11 is 0. The highest BCUT2D eigenvalue weighted by molar-refractivity contribution is 6.02. The third-order valence-electron chi connectivity index (χ3n) is 7.69. The largest absolute Gasteiger partial charge is 0.294 e. The number of carbonyl (C=O) groups is 3. The first-order valence-electron chi connectivity index (χ1n) is 14.0. The predicted octanol–water partition coefficient (Wildman–Crippen LogP) is 8.60. The molecule has 5 aromatic rings. The number of hydrogen-bond acceptors (Lipinski definition) is 3. The lowest BCUT2D eigenvalue weighted by Gasteiger charge is -2.33. The fourth-order valence-corrected chi connectivity index (χ4v) is 5.63. The molecule has 0 fully saturated rings. The number of benzene rings is 5. The van der Waals surface area contributed by atoms with E-state index in [1.54, 1.807) is 0 Å². The fraction of sp³-hybridized carbons (Fsp3) is 0.132. The highest BCUT2D eigenvalue weighted by Crippen LogP contribution is 2.43. The van der Waals surface area contributed by atoms with E-state index in [-0.39, 0.29) is 30.2 Å². The maximum Gasteiger partial charge on any atom is 0.167 e. The van der Waals surface area contributed by atoms with Crippen LogP contribution in [0.15, 0.2) is 152 Å². The van der Waals surface area contributed by atoms with Crippen LogP contribution in [0.4, 0.5) is 0 Å². The Morgan fingerprint density at radius 1 is 0.390 bits per heavy atom. The van der Waals surface area contributed by atoms with Gasteiger partial charge in [-0.3, -0.25) is 14.4 Å². The second-order valence-corrected chi connectivity index (χ2v) is 10.3. The first-order chi connectivity index (χ1) is 20.1. The van der Waals surface area contributed by atoms with Gasteiger partial charge >= 0.3 is 0 Å². The predicted molar refractivity (Wildman–Crippen MR) is 163 cm³/mol. The zero-order chi connectivity index (χ0) is 28.4. The highest BCUT2D eigenvalue weighted by atomic mass is 16.1. The average molecular weight is 537 g/mol. The Balaban J connectivity index is 1.66. The van der Waals surface area contributed by atoms with Gasteiger partial charge < -0.3 is 0 Å². The molecular formula is C38H32O3. The lowest BCUT2D eigenvalue weighted by atomic mass is 9.68. The summed E-state index contributed by atoms with van der Waals surface area (Å²) in [5, 5.41) is 0. The minimum Gasteiger partial charge on any atom is -0.294 e. The van der Waals surface area contributed by atoms with Gasteiger partial charge in [0.05, 0.1) is 0 Å². The Bertz CT molecular complexity index is 1470. The van der Waals surface area contributed by atoms with Gasteiger partial charge in [0.15, 0.2) is 17.3 Å². The molecule has 0 aliphatic heterocycles. The van der Waals surface area contributed by atoms with Crippen LogP contribution >= 0.6 is 0 Å². The van der Waals surface area contributed by atoms with E-state index in [4.69, 9.17) is 0 Å². The summed E-state index contributed by atoms with van der Waals surface area (Å²) in [5.74, 6) is -1.72. The molecule has 41 heavy (non-hydrogen) atoms. The van der Waals surface area contributed by atoms with Gasteiger partial charge in [0.1, 0.15) is 0 Å². The summed E-state index contributed by atoms with van der Waals surface area (Å²) in [7, 11) is 0. The Labute approximate surface area is 241 Å². The van der Waals surface area contributed by atoms with Crippen molar-refractivity contribution in [2.75, 3.05) is 0 Å². The van der Waals surface area contributed by atoms with E-state index >= 15 is 0 Å². The van der Waals surface area contributed by atoms with Crippen LogP contribution in [-0.4, -0.2) is 17.3 Å². The van der Waals surface area contributed by atoms with Gasteiger partial charge in [-0.25, -0.2) is 0 Å². The van der Waals surface area contributed by atoms with Gasteiger partial charge in [-0.05, 0) is 11.1 Å². The maximum absolute atomic E-state index is 14.6. The number of rotatable bonds is 12. The highest BCUT2D eigenvalue weighted by Gasteiger charge is 2.39. The average Bonchev–Trinajstić information content (AvgIpc) is 3.05. The minimum atomic E-state index is -0.664. The van der Waals surface area contributed by atoms with Gasteiger partial charge in [-0.15, -0.1) is 0 Å². The Morgan fingerprint density at radius 2 is 0.683 bits per heavy atom. The van der Waals surface area contributed by atoms with Gasteiger partial charge in [0.25, 0.3) is 0 Å². The van der Waals surface area contributed by atoms with E-state index in [2.05, 4.69) is 0 Å². The van der Waals surface area contributed by atoms with Gasteiger partial charge in [-0.1, -0.05) is 152 Å². The molecule has 5 rings (SSSR count). The van der Waals surface area contributed by atoms with E-state index < -0.39 is 17.8 Å². The number of ketones is 3. The smallest absolute Gasteiger partial charge is 0.167 e. The third kappa shape index (κ3) is 6.82. The molecule has 1 unspecified atom stereocenters. The lowest BCUT2D eigenvalue weighted by Crippen LogP contribution is -2.32. The van der Waals surface area contributed by atoms with Crippen LogP contribution in [0.3, 0.4) is 0 Å². The van der Waals surface area contributed by atoms with E-state index in [0.29, 0.717) is 16.7 Å². The molecule has 3 atom stereocenters. The molecule has 0 saturated heterocycles. The van der Waals surface area contributed by atoms with Crippen molar-refractivity contribution >= 4 is 17.3 Å². The first-order valence-corrected chi connectivity index (χ1v) is 14.0. The van der Waals surface area contributed by atoms with Gasteiger partial charge in [-0.2, -0.15) is 0 Å². The Hall–Kier alpha value is -4.89. The van der Waals surface area contributed by atoms with Gasteiger partial charge in [0.2, 0.25) is 0 Å². The molecule has 3 heteroatoms. The van der Waals surface area contributed by atoms with Crippen LogP contribution in [0, 0.1) is 5.92 Å². The fourth-order valence-electron chi connectivity index (χ4n) is 5.63. The van der Waals surface area contributed by atoms with E-state index in [9.17, 15) is 14.4 Å². The standard InChI is InChI=1S/C38H32O3/c39-35(30-20-10-3-11-21-30)26-33(28-16-6-1-7-17-28)37(38(41)32-24-14-5-15-25-32)34(29-18-8-2-9-19-29)27-36(40)31-22-12-4-13-23-31/h1-25,33-34,37H,26-27H2/t33-,34+,37?. The molecule has 0 amide bonds. The molecule has 0 heterocycles. The van der Waals surface area contributed by atoms with Crippen LogP contribution in [-0.2, 0) is 0 Å². The van der Waals surface area contributed by atoms with E-state index in [1.807, 2.05) is 152 Å². The summed E-state index contributed by atoms with van der Waals surface area (Å²) < 4.78 is 0. The number of Topliss-reactive ketones (excluding diaryl/α,β-unsaturated/α-hetero) is 3. The molecule has 0 radical (unpaired) electrons.